The maximum absolute atomic E-state index is 15.0. The van der Waals surface area contributed by atoms with E-state index in [1.54, 1.807) is 22.6 Å². The molecule has 11 nitrogen and oxygen atoms in total. The molecule has 0 saturated carbocycles. The zero-order valence-corrected chi connectivity index (χ0v) is 34.5. The summed E-state index contributed by atoms with van der Waals surface area (Å²) in [6.45, 7) is 1.30. The highest BCUT2D eigenvalue weighted by atomic mass is 127. The lowest BCUT2D eigenvalue weighted by atomic mass is 10.1. The minimum absolute atomic E-state index is 0.0470. The number of carbonyl (C=O) groups excluding carboxylic acids is 1. The molecule has 1 unspecified atom stereocenters. The summed E-state index contributed by atoms with van der Waals surface area (Å²) < 4.78 is 61.0. The molecule has 1 aromatic heterocycles. The van der Waals surface area contributed by atoms with Gasteiger partial charge in [0.15, 0.2) is 6.10 Å². The van der Waals surface area contributed by atoms with E-state index in [1.165, 1.54) is 30.3 Å². The average Bonchev–Trinajstić information content (AvgIpc) is 3.38. The Hall–Kier alpha value is -3.24. The molecule has 1 fully saturated rings. The Labute approximate surface area is 340 Å². The number of allylic oxidation sites excluding steroid dienone is 12. The number of aromatic nitrogens is 2. The highest BCUT2D eigenvalue weighted by molar-refractivity contribution is 14.1. The number of hydrogen-bond donors (Lipinski definition) is 3. The molecule has 0 radical (unpaired) electrons. The van der Waals surface area contributed by atoms with Crippen molar-refractivity contribution in [2.24, 2.45) is 0 Å². The highest BCUT2D eigenvalue weighted by Crippen LogP contribution is 2.47. The van der Waals surface area contributed by atoms with Crippen LogP contribution < -0.4 is 20.6 Å². The summed E-state index contributed by atoms with van der Waals surface area (Å²) in [6, 6.07) is 7.17. The summed E-state index contributed by atoms with van der Waals surface area (Å²) in [6.07, 6.45) is 26.5. The molecule has 1 aromatic carbocycles. The van der Waals surface area contributed by atoms with Gasteiger partial charge in [0.25, 0.3) is 0 Å². The molecule has 1 aliphatic heterocycles. The van der Waals surface area contributed by atoms with Crippen LogP contribution in [0.2, 0.25) is 5.02 Å². The number of aliphatic hydroxyl groups excluding tert-OH is 1. The van der Waals surface area contributed by atoms with Gasteiger partial charge < -0.3 is 19.7 Å². The first-order valence-corrected chi connectivity index (χ1v) is 21.0. The number of carbonyl (C=O) groups is 1. The number of halogens is 4. The Morgan fingerprint density at radius 1 is 0.964 bits per heavy atom. The lowest BCUT2D eigenvalue weighted by molar-refractivity contribution is -0.141. The Balaban J connectivity index is 1.38. The minimum Gasteiger partial charge on any atom is -0.413 e. The van der Waals surface area contributed by atoms with E-state index in [9.17, 15) is 19.3 Å². The van der Waals surface area contributed by atoms with E-state index in [1.807, 2.05) is 12.2 Å². The summed E-state index contributed by atoms with van der Waals surface area (Å²) >= 11 is 7.70. The summed E-state index contributed by atoms with van der Waals surface area (Å²) in [5.41, 5.74) is -0.997. The maximum Gasteiger partial charge on any atom is 0.458 e. The zero-order valence-electron chi connectivity index (χ0n) is 30.7. The number of alkyl halides is 2. The summed E-state index contributed by atoms with van der Waals surface area (Å²) in [4.78, 5) is 28.3. The number of aliphatic hydroxyl groups is 1. The first-order chi connectivity index (χ1) is 26.4. The predicted octanol–water partition coefficient (Wildman–Crippen LogP) is 8.78. The van der Waals surface area contributed by atoms with Crippen molar-refractivity contribution in [1.82, 2.24) is 20.0 Å². The third kappa shape index (κ3) is 17.2. The highest BCUT2D eigenvalue weighted by Gasteiger charge is 2.60. The predicted molar refractivity (Wildman–Crippen MR) is 220 cm³/mol. The molecule has 1 saturated heterocycles. The molecule has 4 atom stereocenters. The molecule has 0 bridgehead atoms. The van der Waals surface area contributed by atoms with Gasteiger partial charge in [-0.25, -0.2) is 14.4 Å². The third-order valence-electron chi connectivity index (χ3n) is 7.76. The van der Waals surface area contributed by atoms with Gasteiger partial charge in [-0.2, -0.15) is 13.8 Å². The molecule has 55 heavy (non-hydrogen) atoms. The molecular formula is C39H49ClF2IN4O7P. The molecule has 0 aliphatic carbocycles. The topological polar surface area (TPSA) is 141 Å². The second-order valence-electron chi connectivity index (χ2n) is 12.1. The van der Waals surface area contributed by atoms with Crippen LogP contribution >= 0.6 is 41.9 Å². The number of amides is 1. The van der Waals surface area contributed by atoms with E-state index in [4.69, 9.17) is 25.4 Å². The number of hydrogen-bond acceptors (Lipinski definition) is 8. The quantitative estimate of drug-likeness (QED) is 0.0310. The van der Waals surface area contributed by atoms with E-state index in [-0.39, 0.29) is 34.9 Å². The van der Waals surface area contributed by atoms with Crippen molar-refractivity contribution in [3.8, 4) is 5.75 Å². The fourth-order valence-electron chi connectivity index (χ4n) is 4.92. The van der Waals surface area contributed by atoms with Crippen LogP contribution in [0.5, 0.6) is 5.75 Å². The number of rotatable bonds is 24. The molecule has 1 aliphatic rings. The van der Waals surface area contributed by atoms with Crippen molar-refractivity contribution in [1.29, 1.82) is 0 Å². The molecule has 1 amide bonds. The molecule has 300 valence electrons. The Kier molecular flexibility index (Phi) is 21.1. The molecule has 3 N–H and O–H groups in total. The first kappa shape index (κ1) is 46.1. The van der Waals surface area contributed by atoms with Crippen LogP contribution in [0.3, 0.4) is 0 Å². The maximum atomic E-state index is 15.0. The Morgan fingerprint density at radius 3 is 2.09 bits per heavy atom. The molecule has 2 aromatic rings. The second kappa shape index (κ2) is 25.1. The zero-order chi connectivity index (χ0) is 39.9. The van der Waals surface area contributed by atoms with Crippen molar-refractivity contribution >= 4 is 47.8 Å². The Bertz CT molecular complexity index is 1770. The summed E-state index contributed by atoms with van der Waals surface area (Å²) in [5.74, 6) is -4.05. The monoisotopic (exact) mass is 916 g/mol. The SMILES string of the molecule is CC/C=C\C/C=C\C/C=C\C/C=C\C/C=C\C/C=C\CCC(=O)NCCNP(=O)(OC[C@H]1O[C@@H](n2ccc(I)nc2=O)C(F)(F)[C@@H]1O)Oc1ccc(Cl)cc1. The van der Waals surface area contributed by atoms with Crippen molar-refractivity contribution in [2.75, 3.05) is 19.7 Å². The second-order valence-corrected chi connectivity index (χ2v) is 15.4. The summed E-state index contributed by atoms with van der Waals surface area (Å²) in [7, 11) is -4.29. The van der Waals surface area contributed by atoms with Crippen LogP contribution in [0.15, 0.2) is 114 Å². The molecule has 3 rings (SSSR count). The van der Waals surface area contributed by atoms with Crippen LogP contribution in [-0.2, 0) is 18.6 Å². The van der Waals surface area contributed by atoms with Crippen LogP contribution in [0.25, 0.3) is 0 Å². The van der Waals surface area contributed by atoms with E-state index in [2.05, 4.69) is 83.1 Å². The smallest absolute Gasteiger partial charge is 0.413 e. The number of nitrogens with one attached hydrogen (secondary N) is 2. The van der Waals surface area contributed by atoms with Gasteiger partial charge in [0.05, 0.1) is 6.61 Å². The van der Waals surface area contributed by atoms with Crippen LogP contribution in [-0.4, -0.2) is 58.4 Å². The fourth-order valence-corrected chi connectivity index (χ4v) is 6.75. The third-order valence-corrected chi connectivity index (χ3v) is 10.2. The number of nitrogens with zero attached hydrogens (tertiary/aromatic N) is 2. The van der Waals surface area contributed by atoms with Crippen molar-refractivity contribution < 1.29 is 37.0 Å². The molecule has 0 spiro atoms. The number of ether oxygens (including phenoxy) is 1. The van der Waals surface area contributed by atoms with Gasteiger partial charge in [-0.15, -0.1) is 0 Å². The fraction of sp³-hybridized carbons (Fsp3) is 0.410. The van der Waals surface area contributed by atoms with E-state index >= 15 is 8.78 Å². The summed E-state index contributed by atoms with van der Waals surface area (Å²) in [5, 5.41) is 16.1. The van der Waals surface area contributed by atoms with Gasteiger partial charge in [-0.05, 0) is 97.9 Å². The van der Waals surface area contributed by atoms with Gasteiger partial charge >= 0.3 is 19.4 Å². The van der Waals surface area contributed by atoms with Crippen molar-refractivity contribution in [3.05, 3.63) is 129 Å². The van der Waals surface area contributed by atoms with Gasteiger partial charge in [0.2, 0.25) is 12.1 Å². The van der Waals surface area contributed by atoms with Gasteiger partial charge in [-0.1, -0.05) is 91.4 Å². The largest absolute Gasteiger partial charge is 0.458 e. The van der Waals surface area contributed by atoms with Gasteiger partial charge in [0.1, 0.15) is 15.6 Å². The lowest BCUT2D eigenvalue weighted by Gasteiger charge is -2.22. The molecular weight excluding hydrogens is 868 g/mol. The van der Waals surface area contributed by atoms with Gasteiger partial charge in [0, 0.05) is 30.7 Å². The van der Waals surface area contributed by atoms with Crippen LogP contribution in [0.1, 0.15) is 64.5 Å². The molecule has 16 heteroatoms. The van der Waals surface area contributed by atoms with Crippen molar-refractivity contribution in [2.45, 2.75) is 82.6 Å². The normalized spacial score (nSPS) is 19.9. The van der Waals surface area contributed by atoms with E-state index in [0.29, 0.717) is 16.0 Å². The Morgan fingerprint density at radius 2 is 1.53 bits per heavy atom. The first-order valence-electron chi connectivity index (χ1n) is 18.0. The van der Waals surface area contributed by atoms with Gasteiger partial charge in [-0.3, -0.25) is 13.9 Å². The number of benzene rings is 1. The standard InChI is InChI=1S/C39H49ClF2IN4O7P/c1-2-3-4-5-6-7-8-9-10-11-12-13-14-15-16-17-18-19-20-21-35(48)44-27-28-45-55(51,54-32-24-22-31(40)23-25-32)52-30-33-36(49)39(41,42)37(53-33)47-29-26-34(43)46-38(47)50/h3-4,6-7,9-10,12-13,15-16,18-19,22-26,29,33,36-37,49H,2,5,8,11,14,17,20-21,27-28,30H2,1H3,(H,44,48)(H,45,51)/b4-3-,7-6-,10-9-,13-12-,16-15-,19-18-/t33-,36-,37-,55?/m1/s1. The minimum atomic E-state index is -4.29. The average molecular weight is 917 g/mol. The van der Waals surface area contributed by atoms with Crippen molar-refractivity contribution in [3.63, 3.8) is 0 Å². The molecule has 2 heterocycles. The van der Waals surface area contributed by atoms with E-state index in [0.717, 1.165) is 44.7 Å². The van der Waals surface area contributed by atoms with Crippen LogP contribution in [0.4, 0.5) is 8.78 Å². The van der Waals surface area contributed by atoms with Crippen LogP contribution in [0, 0.1) is 3.70 Å². The van der Waals surface area contributed by atoms with E-state index < -0.39 is 44.4 Å². The lowest BCUT2D eigenvalue weighted by Crippen LogP contribution is -2.42.